The zero-order chi connectivity index (χ0) is 37.4. The van der Waals surface area contributed by atoms with E-state index in [2.05, 4.69) is 204 Å². The van der Waals surface area contributed by atoms with E-state index in [9.17, 15) is 0 Å². The summed E-state index contributed by atoms with van der Waals surface area (Å²) >= 11 is 0. The fourth-order valence-electron chi connectivity index (χ4n) is 9.38. The predicted octanol–water partition coefficient (Wildman–Crippen LogP) is 12.8. The van der Waals surface area contributed by atoms with E-state index in [0.717, 1.165) is 12.8 Å². The van der Waals surface area contributed by atoms with Crippen LogP contribution in [0, 0.1) is 5.92 Å². The Morgan fingerprint density at radius 3 is 1.81 bits per heavy atom. The van der Waals surface area contributed by atoms with E-state index < -0.39 is 0 Å². The number of rotatable bonds is 4. The third kappa shape index (κ3) is 5.63. The molecule has 2 aliphatic carbocycles. The predicted molar refractivity (Wildman–Crippen MR) is 233 cm³/mol. The van der Waals surface area contributed by atoms with Crippen molar-refractivity contribution >= 4 is 34.9 Å². The van der Waals surface area contributed by atoms with Crippen LogP contribution in [0.15, 0.2) is 162 Å². The lowest BCUT2D eigenvalue weighted by Gasteiger charge is -2.51. The maximum atomic E-state index is 2.70. The molecule has 0 radical (unpaired) electrons. The normalized spacial score (nSPS) is 19.0. The summed E-state index contributed by atoms with van der Waals surface area (Å²) in [6.45, 7) is 16.6. The number of hydrogen-bond acceptors (Lipinski definition) is 2. The smallest absolute Gasteiger partial charge is 0.243 e. The molecule has 0 amide bonds. The Morgan fingerprint density at radius 2 is 1.19 bits per heavy atom. The standard InChI is InChI=1S/C51H51BN2/c1-34-18-16-25-45-48(34)52-41-23-14-15-24-44(41)53(42-30-28-37(50(2,3)4)32-39(42)35-19-10-8-11-20-35)46-26-17-27-47(49(46)52)54(45)43-31-29-38(51(5,6)7)33-40(43)36-21-12-9-13-22-36/h8-17,19-23,25-34,44H,18,24H2,1-7H3. The van der Waals surface area contributed by atoms with Crippen molar-refractivity contribution in [2.24, 2.45) is 5.92 Å². The van der Waals surface area contributed by atoms with Gasteiger partial charge in [0.25, 0.3) is 0 Å². The molecule has 268 valence electrons. The van der Waals surface area contributed by atoms with E-state index in [1.54, 1.807) is 5.47 Å². The zero-order valence-corrected chi connectivity index (χ0v) is 32.9. The highest BCUT2D eigenvalue weighted by Crippen LogP contribution is 2.52. The number of fused-ring (bicyclic) bond motifs is 3. The Labute approximate surface area is 323 Å². The largest absolute Gasteiger partial charge is 0.335 e. The van der Waals surface area contributed by atoms with Crippen LogP contribution in [0.1, 0.15) is 72.4 Å². The fraction of sp³-hybridized carbons (Fsp3) is 0.255. The lowest BCUT2D eigenvalue weighted by atomic mass is 9.29. The Balaban J connectivity index is 1.34. The molecule has 0 spiro atoms. The van der Waals surface area contributed by atoms with Crippen LogP contribution in [0.2, 0.25) is 0 Å². The number of allylic oxidation sites excluding steroid dienone is 5. The first-order chi connectivity index (χ1) is 26.0. The van der Waals surface area contributed by atoms with Crippen LogP contribution in [0.5, 0.6) is 0 Å². The van der Waals surface area contributed by atoms with Crippen molar-refractivity contribution in [1.82, 2.24) is 0 Å². The third-order valence-electron chi connectivity index (χ3n) is 12.2. The molecule has 2 atom stereocenters. The van der Waals surface area contributed by atoms with Crippen molar-refractivity contribution in [2.75, 3.05) is 9.80 Å². The molecule has 2 aliphatic heterocycles. The summed E-state index contributed by atoms with van der Waals surface area (Å²) in [4.78, 5) is 5.32. The molecule has 0 saturated carbocycles. The monoisotopic (exact) mass is 702 g/mol. The summed E-state index contributed by atoms with van der Waals surface area (Å²) in [5.74, 6) is 0.415. The van der Waals surface area contributed by atoms with E-state index in [1.165, 1.54) is 72.8 Å². The summed E-state index contributed by atoms with van der Waals surface area (Å²) in [7, 11) is 0. The number of nitrogens with zero attached hydrogens (tertiary/aromatic N) is 2. The van der Waals surface area contributed by atoms with Gasteiger partial charge in [-0.3, -0.25) is 0 Å². The highest BCUT2D eigenvalue weighted by atomic mass is 15.2. The molecule has 9 rings (SSSR count). The van der Waals surface area contributed by atoms with Gasteiger partial charge in [0, 0.05) is 33.9 Å². The Morgan fingerprint density at radius 1 is 0.593 bits per heavy atom. The molecule has 0 fully saturated rings. The minimum Gasteiger partial charge on any atom is -0.335 e. The molecule has 0 saturated heterocycles. The first-order valence-electron chi connectivity index (χ1n) is 19.9. The van der Waals surface area contributed by atoms with Crippen LogP contribution in [0.3, 0.4) is 0 Å². The van der Waals surface area contributed by atoms with Gasteiger partial charge in [0.15, 0.2) is 0 Å². The van der Waals surface area contributed by atoms with E-state index in [-0.39, 0.29) is 23.6 Å². The maximum absolute atomic E-state index is 2.70. The quantitative estimate of drug-likeness (QED) is 0.172. The summed E-state index contributed by atoms with van der Waals surface area (Å²) in [5, 5.41) is 0. The summed E-state index contributed by atoms with van der Waals surface area (Å²) in [6, 6.07) is 43.8. The molecule has 0 bridgehead atoms. The Kier molecular flexibility index (Phi) is 8.27. The highest BCUT2D eigenvalue weighted by molar-refractivity contribution is 6.89. The first kappa shape index (κ1) is 34.5. The van der Waals surface area contributed by atoms with Crippen molar-refractivity contribution in [3.63, 3.8) is 0 Å². The van der Waals surface area contributed by atoms with E-state index in [0.29, 0.717) is 5.92 Å². The van der Waals surface area contributed by atoms with Crippen molar-refractivity contribution in [1.29, 1.82) is 0 Å². The lowest BCUT2D eigenvalue weighted by Crippen LogP contribution is -2.57. The summed E-state index contributed by atoms with van der Waals surface area (Å²) < 4.78 is 0. The van der Waals surface area contributed by atoms with Gasteiger partial charge in [0.05, 0.1) is 11.7 Å². The van der Waals surface area contributed by atoms with Gasteiger partial charge >= 0.3 is 0 Å². The van der Waals surface area contributed by atoms with E-state index in [1.807, 2.05) is 0 Å². The third-order valence-corrected chi connectivity index (χ3v) is 12.2. The molecule has 4 aliphatic rings. The Hall–Kier alpha value is -5.28. The van der Waals surface area contributed by atoms with Gasteiger partial charge in [-0.2, -0.15) is 0 Å². The van der Waals surface area contributed by atoms with Gasteiger partial charge in [0.1, 0.15) is 0 Å². The average Bonchev–Trinajstić information content (AvgIpc) is 3.17. The van der Waals surface area contributed by atoms with Crippen LogP contribution in [-0.2, 0) is 10.8 Å². The van der Waals surface area contributed by atoms with Crippen LogP contribution < -0.4 is 15.3 Å². The molecular weight excluding hydrogens is 651 g/mol. The zero-order valence-electron chi connectivity index (χ0n) is 32.9. The fourth-order valence-corrected chi connectivity index (χ4v) is 9.38. The van der Waals surface area contributed by atoms with E-state index >= 15 is 0 Å². The molecule has 54 heavy (non-hydrogen) atoms. The van der Waals surface area contributed by atoms with Crippen molar-refractivity contribution in [3.8, 4) is 22.3 Å². The van der Waals surface area contributed by atoms with Gasteiger partial charge in [-0.15, -0.1) is 0 Å². The topological polar surface area (TPSA) is 6.48 Å². The second-order valence-corrected chi connectivity index (χ2v) is 17.8. The molecule has 2 nitrogen and oxygen atoms in total. The molecular formula is C51H51BN2. The molecule has 3 heteroatoms. The molecule has 2 heterocycles. The molecule has 2 unspecified atom stereocenters. The van der Waals surface area contributed by atoms with E-state index in [4.69, 9.17) is 0 Å². The maximum Gasteiger partial charge on any atom is 0.243 e. The second kappa shape index (κ2) is 12.9. The van der Waals surface area contributed by atoms with Crippen LogP contribution in [-0.4, -0.2) is 12.8 Å². The van der Waals surface area contributed by atoms with Crippen molar-refractivity contribution < 1.29 is 0 Å². The van der Waals surface area contributed by atoms with Gasteiger partial charge in [-0.05, 0) is 99.8 Å². The van der Waals surface area contributed by atoms with Crippen LogP contribution in [0.25, 0.3) is 22.3 Å². The highest BCUT2D eigenvalue weighted by Gasteiger charge is 2.49. The molecule has 5 aromatic rings. The second-order valence-electron chi connectivity index (χ2n) is 17.8. The minimum absolute atomic E-state index is 0.0279. The molecule has 0 aromatic heterocycles. The van der Waals surface area contributed by atoms with Gasteiger partial charge in [0.2, 0.25) is 6.71 Å². The van der Waals surface area contributed by atoms with Gasteiger partial charge in [-0.25, -0.2) is 0 Å². The SMILES string of the molecule is CC1CC=CC2=C1B1C3=CC=CCC3N(c3ccc(C(C)(C)C)cc3-c3ccccc3)c3cccc(c31)N2c1ccc(C(C)(C)C)cc1-c1ccccc1. The van der Waals surface area contributed by atoms with Gasteiger partial charge < -0.3 is 9.80 Å². The summed E-state index contributed by atoms with van der Waals surface area (Å²) in [6.07, 6.45) is 14.0. The number of benzene rings is 5. The Bertz CT molecular complexity index is 2380. The summed E-state index contributed by atoms with van der Waals surface area (Å²) in [5.41, 5.74) is 18.8. The van der Waals surface area contributed by atoms with Crippen LogP contribution >= 0.6 is 0 Å². The van der Waals surface area contributed by atoms with Gasteiger partial charge in [-0.1, -0.05) is 163 Å². The number of anilines is 4. The number of hydrogen-bond donors (Lipinski definition) is 0. The molecule has 0 N–H and O–H groups in total. The first-order valence-corrected chi connectivity index (χ1v) is 19.9. The van der Waals surface area contributed by atoms with Crippen molar-refractivity contribution in [3.05, 3.63) is 173 Å². The lowest BCUT2D eigenvalue weighted by molar-refractivity contribution is 0.590. The average molecular weight is 703 g/mol. The van der Waals surface area contributed by atoms with Crippen molar-refractivity contribution in [2.45, 2.75) is 78.2 Å². The molecule has 5 aromatic carbocycles. The van der Waals surface area contributed by atoms with Crippen LogP contribution in [0.4, 0.5) is 22.7 Å². The minimum atomic E-state index is 0.0279.